The van der Waals surface area contributed by atoms with Gasteiger partial charge in [0, 0.05) is 25.3 Å². The fraction of sp³-hybridized carbons (Fsp3) is 0.625. The number of hydrogen-bond acceptors (Lipinski definition) is 3. The molecule has 3 heteroatoms. The van der Waals surface area contributed by atoms with Gasteiger partial charge >= 0.3 is 0 Å². The summed E-state index contributed by atoms with van der Waals surface area (Å²) >= 11 is 0. The van der Waals surface area contributed by atoms with Gasteiger partial charge in [-0.3, -0.25) is 4.90 Å². The van der Waals surface area contributed by atoms with Crippen molar-refractivity contribution in [3.05, 3.63) is 29.3 Å². The lowest BCUT2D eigenvalue weighted by Gasteiger charge is -2.39. The summed E-state index contributed by atoms with van der Waals surface area (Å²) in [4.78, 5) is 2.41. The van der Waals surface area contributed by atoms with Crippen LogP contribution in [0.5, 0.6) is 5.75 Å². The highest BCUT2D eigenvalue weighted by atomic mass is 16.5. The molecule has 1 fully saturated rings. The monoisotopic (exact) mass is 263 g/mol. The van der Waals surface area contributed by atoms with Gasteiger partial charge in [0.25, 0.3) is 0 Å². The highest BCUT2D eigenvalue weighted by Gasteiger charge is 2.29. The molecule has 19 heavy (non-hydrogen) atoms. The highest BCUT2D eigenvalue weighted by Crippen LogP contribution is 2.32. The van der Waals surface area contributed by atoms with Crippen molar-refractivity contribution in [3.63, 3.8) is 0 Å². The van der Waals surface area contributed by atoms with Gasteiger partial charge in [-0.2, -0.15) is 0 Å². The fourth-order valence-corrected chi connectivity index (χ4v) is 2.92. The maximum absolute atomic E-state index is 10.1. The van der Waals surface area contributed by atoms with Crippen LogP contribution in [-0.4, -0.2) is 36.3 Å². The number of phenols is 1. The van der Waals surface area contributed by atoms with Crippen LogP contribution in [0, 0.1) is 12.8 Å². The molecular formula is C16H25NO2. The van der Waals surface area contributed by atoms with Crippen LogP contribution in [0.1, 0.15) is 37.4 Å². The van der Waals surface area contributed by atoms with Crippen molar-refractivity contribution in [2.75, 3.05) is 20.2 Å². The third-order valence-electron chi connectivity index (χ3n) is 4.40. The number of aryl methyl sites for hydroxylation is 1. The molecule has 1 aromatic carbocycles. The highest BCUT2D eigenvalue weighted by molar-refractivity contribution is 5.37. The van der Waals surface area contributed by atoms with Crippen LogP contribution in [0.4, 0.5) is 0 Å². The summed E-state index contributed by atoms with van der Waals surface area (Å²) in [7, 11) is 1.79. The molecule has 0 amide bonds. The Morgan fingerprint density at radius 2 is 2.16 bits per heavy atom. The van der Waals surface area contributed by atoms with E-state index in [0.29, 0.717) is 17.8 Å². The van der Waals surface area contributed by atoms with Gasteiger partial charge in [0.2, 0.25) is 0 Å². The number of phenolic OH excluding ortho intramolecular Hbond substituents is 1. The molecule has 106 valence electrons. The Labute approximate surface area is 116 Å². The van der Waals surface area contributed by atoms with Crippen molar-refractivity contribution in [2.45, 2.75) is 39.3 Å². The van der Waals surface area contributed by atoms with Crippen LogP contribution in [0.15, 0.2) is 18.2 Å². The molecule has 0 aromatic heterocycles. The topological polar surface area (TPSA) is 32.7 Å². The molecule has 3 atom stereocenters. The van der Waals surface area contributed by atoms with Gasteiger partial charge < -0.3 is 9.84 Å². The third-order valence-corrected chi connectivity index (χ3v) is 4.40. The molecular weight excluding hydrogens is 238 g/mol. The Kier molecular flexibility index (Phi) is 4.48. The minimum absolute atomic E-state index is 0.227. The van der Waals surface area contributed by atoms with E-state index in [-0.39, 0.29) is 6.04 Å². The average molecular weight is 263 g/mol. The molecule has 0 aliphatic carbocycles. The lowest BCUT2D eigenvalue weighted by molar-refractivity contribution is -0.0173. The second-order valence-corrected chi connectivity index (χ2v) is 5.77. The number of likely N-dealkylation sites (tertiary alicyclic amines) is 1. The average Bonchev–Trinajstić information content (AvgIpc) is 2.41. The first kappa shape index (κ1) is 14.4. The zero-order valence-electron chi connectivity index (χ0n) is 12.4. The molecule has 1 aliphatic heterocycles. The van der Waals surface area contributed by atoms with Crippen molar-refractivity contribution in [3.8, 4) is 5.75 Å². The number of benzene rings is 1. The predicted molar refractivity (Wildman–Crippen MR) is 77.4 cm³/mol. The van der Waals surface area contributed by atoms with E-state index < -0.39 is 0 Å². The van der Waals surface area contributed by atoms with Crippen molar-refractivity contribution >= 4 is 0 Å². The van der Waals surface area contributed by atoms with Gasteiger partial charge in [-0.1, -0.05) is 24.6 Å². The van der Waals surface area contributed by atoms with Gasteiger partial charge in [0.05, 0.1) is 6.10 Å². The van der Waals surface area contributed by atoms with E-state index in [0.717, 1.165) is 25.1 Å². The van der Waals surface area contributed by atoms with E-state index >= 15 is 0 Å². The smallest absolute Gasteiger partial charge is 0.120 e. The summed E-state index contributed by atoms with van der Waals surface area (Å²) < 4.78 is 5.57. The molecule has 1 N–H and O–H groups in total. The number of rotatable bonds is 3. The molecule has 0 spiro atoms. The molecule has 3 nitrogen and oxygen atoms in total. The lowest BCUT2D eigenvalue weighted by atomic mass is 9.93. The number of piperidine rings is 1. The first-order chi connectivity index (χ1) is 9.02. The standard InChI is InChI=1S/C16H25NO2/c1-11-5-6-15(18)14(9-11)13(3)17-8-7-12(2)16(10-17)19-4/h5-6,9,12-13,16,18H,7-8,10H2,1-4H3. The molecule has 1 aliphatic rings. The van der Waals surface area contributed by atoms with E-state index in [2.05, 4.69) is 31.7 Å². The van der Waals surface area contributed by atoms with E-state index in [4.69, 9.17) is 4.74 Å². The first-order valence-electron chi connectivity index (χ1n) is 7.09. The minimum atomic E-state index is 0.227. The Balaban J connectivity index is 2.15. The molecule has 3 unspecified atom stereocenters. The van der Waals surface area contributed by atoms with E-state index in [1.807, 2.05) is 6.07 Å². The van der Waals surface area contributed by atoms with Gasteiger partial charge in [-0.25, -0.2) is 0 Å². The number of ether oxygens (including phenoxy) is 1. The van der Waals surface area contributed by atoms with Crippen molar-refractivity contribution in [2.24, 2.45) is 5.92 Å². The van der Waals surface area contributed by atoms with Gasteiger partial charge in [-0.15, -0.1) is 0 Å². The van der Waals surface area contributed by atoms with Gasteiger partial charge in [0.1, 0.15) is 5.75 Å². The minimum Gasteiger partial charge on any atom is -0.508 e. The van der Waals surface area contributed by atoms with Crippen LogP contribution in [0.3, 0.4) is 0 Å². The summed E-state index contributed by atoms with van der Waals surface area (Å²) in [6.07, 6.45) is 1.44. The van der Waals surface area contributed by atoms with Crippen molar-refractivity contribution < 1.29 is 9.84 Å². The van der Waals surface area contributed by atoms with Gasteiger partial charge in [-0.05, 0) is 38.8 Å². The zero-order valence-corrected chi connectivity index (χ0v) is 12.4. The molecule has 2 rings (SSSR count). The number of aromatic hydroxyl groups is 1. The summed E-state index contributed by atoms with van der Waals surface area (Å²) in [6, 6.07) is 6.05. The van der Waals surface area contributed by atoms with E-state index in [9.17, 15) is 5.11 Å². The Morgan fingerprint density at radius 1 is 1.42 bits per heavy atom. The maximum Gasteiger partial charge on any atom is 0.120 e. The SMILES string of the molecule is COC1CN(C(C)c2cc(C)ccc2O)CCC1C. The Bertz CT molecular complexity index is 433. The molecule has 0 radical (unpaired) electrons. The summed E-state index contributed by atoms with van der Waals surface area (Å²) in [5, 5.41) is 10.1. The summed E-state index contributed by atoms with van der Waals surface area (Å²) in [5.74, 6) is 1.00. The lowest BCUT2D eigenvalue weighted by Crippen LogP contribution is -2.44. The molecule has 1 aromatic rings. The Hall–Kier alpha value is -1.06. The second kappa shape index (κ2) is 5.93. The van der Waals surface area contributed by atoms with Crippen LogP contribution in [-0.2, 0) is 4.74 Å². The maximum atomic E-state index is 10.1. The van der Waals surface area contributed by atoms with Crippen molar-refractivity contribution in [1.29, 1.82) is 0 Å². The molecule has 1 heterocycles. The zero-order chi connectivity index (χ0) is 14.0. The molecule has 0 saturated carbocycles. The van der Waals surface area contributed by atoms with E-state index in [1.165, 1.54) is 5.56 Å². The summed E-state index contributed by atoms with van der Waals surface area (Å²) in [6.45, 7) is 8.48. The molecule has 0 bridgehead atoms. The quantitative estimate of drug-likeness (QED) is 0.909. The third kappa shape index (κ3) is 3.10. The van der Waals surface area contributed by atoms with E-state index in [1.54, 1.807) is 13.2 Å². The van der Waals surface area contributed by atoms with Crippen LogP contribution in [0.25, 0.3) is 0 Å². The Morgan fingerprint density at radius 3 is 2.84 bits per heavy atom. The largest absolute Gasteiger partial charge is 0.508 e. The van der Waals surface area contributed by atoms with Crippen molar-refractivity contribution in [1.82, 2.24) is 4.90 Å². The normalized spacial score (nSPS) is 26.3. The fourth-order valence-electron chi connectivity index (χ4n) is 2.92. The van der Waals surface area contributed by atoms with Gasteiger partial charge in [0.15, 0.2) is 0 Å². The second-order valence-electron chi connectivity index (χ2n) is 5.77. The predicted octanol–water partition coefficient (Wildman–Crippen LogP) is 3.12. The number of hydrogen-bond donors (Lipinski definition) is 1. The van der Waals surface area contributed by atoms with Crippen LogP contribution in [0.2, 0.25) is 0 Å². The number of methoxy groups -OCH3 is 1. The number of nitrogens with zero attached hydrogens (tertiary/aromatic N) is 1. The van der Waals surface area contributed by atoms with Crippen LogP contribution >= 0.6 is 0 Å². The van der Waals surface area contributed by atoms with Crippen LogP contribution < -0.4 is 0 Å². The molecule has 1 saturated heterocycles. The summed E-state index contributed by atoms with van der Waals surface area (Å²) in [5.41, 5.74) is 2.21. The first-order valence-corrected chi connectivity index (χ1v) is 7.09.